The van der Waals surface area contributed by atoms with Gasteiger partial charge in [0, 0.05) is 6.54 Å². The molecule has 0 saturated heterocycles. The first kappa shape index (κ1) is 19.8. The van der Waals surface area contributed by atoms with Gasteiger partial charge in [-0.1, -0.05) is 36.0 Å². The molecule has 1 amide bonds. The lowest BCUT2D eigenvalue weighted by atomic mass is 10.1. The van der Waals surface area contributed by atoms with Crippen molar-refractivity contribution in [1.29, 1.82) is 0 Å². The van der Waals surface area contributed by atoms with Gasteiger partial charge in [0.05, 0.1) is 12.4 Å². The molecule has 0 aliphatic rings. The summed E-state index contributed by atoms with van der Waals surface area (Å²) in [6.45, 7) is 2.26. The van der Waals surface area contributed by atoms with E-state index in [1.165, 1.54) is 23.9 Å². The predicted molar refractivity (Wildman–Crippen MR) is 104 cm³/mol. The number of tetrazole rings is 1. The van der Waals surface area contributed by atoms with Crippen molar-refractivity contribution in [2.75, 3.05) is 13.7 Å². The summed E-state index contributed by atoms with van der Waals surface area (Å²) in [6, 6.07) is 13.6. The van der Waals surface area contributed by atoms with Crippen LogP contribution in [0.2, 0.25) is 0 Å². The van der Waals surface area contributed by atoms with Crippen molar-refractivity contribution in [3.8, 4) is 11.4 Å². The summed E-state index contributed by atoms with van der Waals surface area (Å²) in [5, 5.41) is 14.7. The van der Waals surface area contributed by atoms with Crippen molar-refractivity contribution in [3.05, 3.63) is 59.9 Å². The Morgan fingerprint density at radius 2 is 2.00 bits per heavy atom. The lowest BCUT2D eigenvalue weighted by molar-refractivity contribution is -0.120. The molecule has 1 N–H and O–H groups in total. The third kappa shape index (κ3) is 4.86. The molecule has 28 heavy (non-hydrogen) atoms. The maximum Gasteiger partial charge on any atom is 0.233 e. The number of ether oxygens (including phenoxy) is 1. The van der Waals surface area contributed by atoms with Crippen LogP contribution < -0.4 is 10.1 Å². The minimum absolute atomic E-state index is 0.123. The number of para-hydroxylation sites is 2. The Kier molecular flexibility index (Phi) is 6.59. The lowest BCUT2D eigenvalue weighted by Crippen LogP contribution is -2.32. The summed E-state index contributed by atoms with van der Waals surface area (Å²) in [7, 11) is 1.58. The van der Waals surface area contributed by atoms with Crippen LogP contribution in [0.5, 0.6) is 5.75 Å². The summed E-state index contributed by atoms with van der Waals surface area (Å²) in [5.41, 5.74) is 1.66. The fraction of sp³-hybridized carbons (Fsp3) is 0.263. The molecule has 0 saturated carbocycles. The van der Waals surface area contributed by atoms with E-state index in [2.05, 4.69) is 20.8 Å². The SMILES string of the molecule is COc1ccccc1-n1nnnc1S[C@H](C)C(=O)NCCc1ccc(F)cc1. The van der Waals surface area contributed by atoms with Crippen LogP contribution in [0.1, 0.15) is 12.5 Å². The molecule has 0 fully saturated rings. The van der Waals surface area contributed by atoms with E-state index >= 15 is 0 Å². The number of hydrogen-bond acceptors (Lipinski definition) is 6. The predicted octanol–water partition coefficient (Wildman–Crippen LogP) is 2.65. The smallest absolute Gasteiger partial charge is 0.233 e. The summed E-state index contributed by atoms with van der Waals surface area (Å²) in [5.74, 6) is 0.236. The Hall–Kier alpha value is -2.94. The van der Waals surface area contributed by atoms with E-state index in [1.807, 2.05) is 24.3 Å². The van der Waals surface area contributed by atoms with Crippen molar-refractivity contribution in [2.45, 2.75) is 23.8 Å². The maximum absolute atomic E-state index is 12.9. The molecule has 3 rings (SSSR count). The Bertz CT molecular complexity index is 932. The Morgan fingerprint density at radius 3 is 2.75 bits per heavy atom. The molecule has 0 bridgehead atoms. The number of halogens is 1. The van der Waals surface area contributed by atoms with Crippen molar-refractivity contribution in [3.63, 3.8) is 0 Å². The first-order chi connectivity index (χ1) is 13.6. The Balaban J connectivity index is 1.59. The van der Waals surface area contributed by atoms with Gasteiger partial charge < -0.3 is 10.1 Å². The van der Waals surface area contributed by atoms with Gasteiger partial charge in [0.2, 0.25) is 11.1 Å². The number of methoxy groups -OCH3 is 1. The number of amides is 1. The number of carbonyl (C=O) groups excluding carboxylic acids is 1. The molecular weight excluding hydrogens is 381 g/mol. The number of aromatic nitrogens is 4. The second kappa shape index (κ2) is 9.32. The van der Waals surface area contributed by atoms with Crippen LogP contribution >= 0.6 is 11.8 Å². The Morgan fingerprint density at radius 1 is 1.25 bits per heavy atom. The van der Waals surface area contributed by atoms with Crippen LogP contribution in [-0.2, 0) is 11.2 Å². The van der Waals surface area contributed by atoms with Crippen LogP contribution in [0.15, 0.2) is 53.7 Å². The van der Waals surface area contributed by atoms with Crippen LogP contribution in [-0.4, -0.2) is 45.0 Å². The fourth-order valence-corrected chi connectivity index (χ4v) is 3.37. The molecule has 0 spiro atoms. The van der Waals surface area contributed by atoms with E-state index in [9.17, 15) is 9.18 Å². The van der Waals surface area contributed by atoms with Crippen molar-refractivity contribution < 1.29 is 13.9 Å². The average Bonchev–Trinajstić information content (AvgIpc) is 3.17. The molecule has 1 atom stereocenters. The van der Waals surface area contributed by atoms with E-state index in [0.717, 1.165) is 5.56 Å². The minimum Gasteiger partial charge on any atom is -0.494 e. The molecule has 2 aromatic carbocycles. The fourth-order valence-electron chi connectivity index (χ4n) is 2.54. The zero-order valence-corrected chi connectivity index (χ0v) is 16.3. The van der Waals surface area contributed by atoms with E-state index in [4.69, 9.17) is 4.74 Å². The van der Waals surface area contributed by atoms with E-state index < -0.39 is 5.25 Å². The van der Waals surface area contributed by atoms with Crippen LogP contribution in [0, 0.1) is 5.82 Å². The third-order valence-electron chi connectivity index (χ3n) is 4.03. The molecule has 0 radical (unpaired) electrons. The van der Waals surface area contributed by atoms with E-state index in [1.54, 1.807) is 30.8 Å². The number of benzene rings is 2. The molecule has 1 heterocycles. The van der Waals surface area contributed by atoms with Crippen molar-refractivity contribution in [2.24, 2.45) is 0 Å². The van der Waals surface area contributed by atoms with Gasteiger partial charge in [0.15, 0.2) is 0 Å². The number of nitrogens with zero attached hydrogens (tertiary/aromatic N) is 4. The Labute approximate surface area is 166 Å². The van der Waals surface area contributed by atoms with Gasteiger partial charge in [-0.3, -0.25) is 4.79 Å². The van der Waals surface area contributed by atoms with Gasteiger partial charge >= 0.3 is 0 Å². The largest absolute Gasteiger partial charge is 0.494 e. The zero-order chi connectivity index (χ0) is 19.9. The van der Waals surface area contributed by atoms with Crippen LogP contribution in [0.3, 0.4) is 0 Å². The molecule has 146 valence electrons. The van der Waals surface area contributed by atoms with Gasteiger partial charge in [0.1, 0.15) is 17.3 Å². The summed E-state index contributed by atoms with van der Waals surface area (Å²) >= 11 is 1.26. The third-order valence-corrected chi connectivity index (χ3v) is 5.06. The summed E-state index contributed by atoms with van der Waals surface area (Å²) in [4.78, 5) is 12.4. The number of hydrogen-bond donors (Lipinski definition) is 1. The van der Waals surface area contributed by atoms with Gasteiger partial charge in [-0.2, -0.15) is 4.68 Å². The van der Waals surface area contributed by atoms with Gasteiger partial charge in [-0.05, 0) is 53.6 Å². The molecule has 0 aliphatic heterocycles. The van der Waals surface area contributed by atoms with Crippen molar-refractivity contribution >= 4 is 17.7 Å². The second-order valence-corrected chi connectivity index (χ2v) is 7.28. The van der Waals surface area contributed by atoms with E-state index in [-0.39, 0.29) is 11.7 Å². The first-order valence-electron chi connectivity index (χ1n) is 8.69. The van der Waals surface area contributed by atoms with Gasteiger partial charge in [-0.15, -0.1) is 5.10 Å². The molecule has 1 aromatic heterocycles. The normalized spacial score (nSPS) is 11.8. The van der Waals surface area contributed by atoms with Gasteiger partial charge in [-0.25, -0.2) is 4.39 Å². The van der Waals surface area contributed by atoms with Crippen molar-refractivity contribution in [1.82, 2.24) is 25.5 Å². The highest BCUT2D eigenvalue weighted by Crippen LogP contribution is 2.27. The number of nitrogens with one attached hydrogen (secondary N) is 1. The number of thioether (sulfide) groups is 1. The second-order valence-electron chi connectivity index (χ2n) is 5.97. The highest BCUT2D eigenvalue weighted by Gasteiger charge is 2.20. The number of carbonyl (C=O) groups is 1. The lowest BCUT2D eigenvalue weighted by Gasteiger charge is -2.13. The molecule has 3 aromatic rings. The molecule has 0 aliphatic carbocycles. The standard InChI is InChI=1S/C19H20FN5O2S/c1-13(18(26)21-12-11-14-7-9-15(20)10-8-14)28-19-22-23-24-25(19)16-5-3-4-6-17(16)27-2/h3-10,13H,11-12H2,1-2H3,(H,21,26)/t13-/m1/s1. The molecule has 0 unspecified atom stereocenters. The average molecular weight is 401 g/mol. The first-order valence-corrected chi connectivity index (χ1v) is 9.57. The monoisotopic (exact) mass is 401 g/mol. The molecule has 9 heteroatoms. The topological polar surface area (TPSA) is 81.9 Å². The minimum atomic E-state index is -0.396. The van der Waals surface area contributed by atoms with E-state index in [0.29, 0.717) is 29.6 Å². The van der Waals surface area contributed by atoms with Gasteiger partial charge in [0.25, 0.3) is 0 Å². The quantitative estimate of drug-likeness (QED) is 0.585. The zero-order valence-electron chi connectivity index (χ0n) is 15.5. The summed E-state index contributed by atoms with van der Waals surface area (Å²) < 4.78 is 19.8. The highest BCUT2D eigenvalue weighted by molar-refractivity contribution is 8.00. The maximum atomic E-state index is 12.9. The van der Waals surface area contributed by atoms with Crippen LogP contribution in [0.4, 0.5) is 4.39 Å². The van der Waals surface area contributed by atoms with Crippen LogP contribution in [0.25, 0.3) is 5.69 Å². The number of rotatable bonds is 8. The summed E-state index contributed by atoms with van der Waals surface area (Å²) in [6.07, 6.45) is 0.627. The molecular formula is C19H20FN5O2S. The highest BCUT2D eigenvalue weighted by atomic mass is 32.2. The molecule has 7 nitrogen and oxygen atoms in total.